The van der Waals surface area contributed by atoms with Crippen LogP contribution >= 0.6 is 0 Å². The number of nitrogens with one attached hydrogen (secondary N) is 2. The molecule has 0 bridgehead atoms. The molecule has 172 valence electrons. The minimum atomic E-state index is -2.96. The van der Waals surface area contributed by atoms with Crippen molar-refractivity contribution in [3.05, 3.63) is 29.3 Å². The molecule has 0 atom stereocenters. The van der Waals surface area contributed by atoms with E-state index >= 15 is 0 Å². The zero-order valence-corrected chi connectivity index (χ0v) is 20.5. The molecule has 1 aromatic carbocycles. The molecule has 1 rings (SSSR count). The molecule has 0 radical (unpaired) electrons. The average molecular weight is 440 g/mol. The Labute approximate surface area is 183 Å². The number of nitrogens with zero attached hydrogens (tertiary/aromatic N) is 1. The van der Waals surface area contributed by atoms with E-state index in [0.717, 1.165) is 36.8 Å². The molecule has 2 N–H and O–H groups in total. The third-order valence-electron chi connectivity index (χ3n) is 4.86. The Morgan fingerprint density at radius 2 is 1.90 bits per heavy atom. The predicted octanol–water partition coefficient (Wildman–Crippen LogP) is 4.08. The van der Waals surface area contributed by atoms with Crippen molar-refractivity contribution in [2.75, 3.05) is 31.7 Å². The van der Waals surface area contributed by atoms with Crippen LogP contribution in [0.5, 0.6) is 5.75 Å². The molecule has 0 fully saturated rings. The molecule has 0 spiro atoms. The lowest BCUT2D eigenvalue weighted by atomic mass is 9.90. The largest absolute Gasteiger partial charge is 0.493 e. The van der Waals surface area contributed by atoms with Crippen molar-refractivity contribution < 1.29 is 13.2 Å². The maximum Gasteiger partial charge on any atom is 0.191 e. The molecule has 0 unspecified atom stereocenters. The van der Waals surface area contributed by atoms with Crippen LogP contribution in [0.15, 0.2) is 23.2 Å². The number of rotatable bonds is 13. The van der Waals surface area contributed by atoms with Crippen LogP contribution in [0.25, 0.3) is 0 Å². The molecule has 1 aromatic rings. The van der Waals surface area contributed by atoms with Gasteiger partial charge >= 0.3 is 0 Å². The van der Waals surface area contributed by atoms with Gasteiger partial charge in [-0.3, -0.25) is 0 Å². The van der Waals surface area contributed by atoms with E-state index in [1.807, 2.05) is 6.92 Å². The average Bonchev–Trinajstić information content (AvgIpc) is 2.66. The van der Waals surface area contributed by atoms with Gasteiger partial charge < -0.3 is 15.4 Å². The topological polar surface area (TPSA) is 79.8 Å². The van der Waals surface area contributed by atoms with Gasteiger partial charge in [-0.25, -0.2) is 13.4 Å². The molecule has 0 aliphatic heterocycles. The highest BCUT2D eigenvalue weighted by Gasteiger charge is 2.20. The Balaban J connectivity index is 2.77. The van der Waals surface area contributed by atoms with Gasteiger partial charge in [0.25, 0.3) is 0 Å². The fraction of sp³-hybridized carbons (Fsp3) is 0.696. The van der Waals surface area contributed by atoms with Crippen molar-refractivity contribution >= 4 is 15.8 Å². The lowest BCUT2D eigenvalue weighted by molar-refractivity contribution is 0.303. The number of ether oxygens (including phenoxy) is 1. The monoisotopic (exact) mass is 439 g/mol. The second-order valence-electron chi connectivity index (χ2n) is 8.76. The first-order valence-electron chi connectivity index (χ1n) is 11.0. The third kappa shape index (κ3) is 11.4. The van der Waals surface area contributed by atoms with Gasteiger partial charge in [0.2, 0.25) is 0 Å². The Morgan fingerprint density at radius 1 is 1.17 bits per heavy atom. The van der Waals surface area contributed by atoms with Gasteiger partial charge in [0.05, 0.1) is 18.9 Å². The van der Waals surface area contributed by atoms with Gasteiger partial charge in [-0.1, -0.05) is 45.7 Å². The first kappa shape index (κ1) is 26.3. The number of hydrogen-bond acceptors (Lipinski definition) is 4. The van der Waals surface area contributed by atoms with Gasteiger partial charge in [-0.05, 0) is 43.7 Å². The van der Waals surface area contributed by atoms with E-state index in [4.69, 9.17) is 9.73 Å². The SMILES string of the molecule is CCCCCOc1cc(C)ccc1CN=C(NCC)NCC(C)(C)CCS(C)(=O)=O. The molecule has 0 heterocycles. The zero-order chi connectivity index (χ0) is 22.6. The van der Waals surface area contributed by atoms with E-state index in [1.54, 1.807) is 0 Å². The molecular formula is C23H41N3O3S. The highest BCUT2D eigenvalue weighted by atomic mass is 32.2. The Bertz CT molecular complexity index is 774. The number of sulfone groups is 1. The quantitative estimate of drug-likeness (QED) is 0.275. The molecule has 6 nitrogen and oxygen atoms in total. The molecule has 0 aliphatic carbocycles. The summed E-state index contributed by atoms with van der Waals surface area (Å²) in [5.74, 6) is 1.82. The second-order valence-corrected chi connectivity index (χ2v) is 11.0. The molecular weight excluding hydrogens is 398 g/mol. The highest BCUT2D eigenvalue weighted by Crippen LogP contribution is 2.22. The number of unbranched alkanes of at least 4 members (excludes halogenated alkanes) is 2. The Hall–Kier alpha value is -1.76. The van der Waals surface area contributed by atoms with Crippen molar-refractivity contribution in [3.63, 3.8) is 0 Å². The van der Waals surface area contributed by atoms with Gasteiger partial charge in [0.1, 0.15) is 15.6 Å². The summed E-state index contributed by atoms with van der Waals surface area (Å²) in [5.41, 5.74) is 2.08. The van der Waals surface area contributed by atoms with Crippen LogP contribution in [0, 0.1) is 12.3 Å². The van der Waals surface area contributed by atoms with Crippen molar-refractivity contribution in [2.24, 2.45) is 10.4 Å². The number of aliphatic imine (C=N–C) groups is 1. The van der Waals surface area contributed by atoms with E-state index in [9.17, 15) is 8.42 Å². The van der Waals surface area contributed by atoms with E-state index in [1.165, 1.54) is 24.7 Å². The van der Waals surface area contributed by atoms with E-state index in [0.29, 0.717) is 19.5 Å². The summed E-state index contributed by atoms with van der Waals surface area (Å²) in [6, 6.07) is 6.23. The summed E-state index contributed by atoms with van der Waals surface area (Å²) in [6.07, 6.45) is 5.28. The predicted molar refractivity (Wildman–Crippen MR) is 127 cm³/mol. The van der Waals surface area contributed by atoms with Crippen LogP contribution in [-0.2, 0) is 16.4 Å². The number of guanidine groups is 1. The molecule has 0 amide bonds. The number of aryl methyl sites for hydroxylation is 1. The molecule has 0 saturated carbocycles. The summed E-state index contributed by atoms with van der Waals surface area (Å²) < 4.78 is 29.0. The summed E-state index contributed by atoms with van der Waals surface area (Å²) in [6.45, 7) is 13.0. The van der Waals surface area contributed by atoms with Crippen molar-refractivity contribution in [3.8, 4) is 5.75 Å². The first-order valence-corrected chi connectivity index (χ1v) is 13.0. The standard InChI is InChI=1S/C23H41N3O3S/c1-7-9-10-14-29-21-16-19(3)11-12-20(21)17-25-22(24-8-2)26-18-23(4,5)13-15-30(6,27)28/h11-12,16H,7-10,13-15,17-18H2,1-6H3,(H2,24,25,26). The maximum absolute atomic E-state index is 11.5. The summed E-state index contributed by atoms with van der Waals surface area (Å²) >= 11 is 0. The van der Waals surface area contributed by atoms with Crippen LogP contribution < -0.4 is 15.4 Å². The van der Waals surface area contributed by atoms with Crippen LogP contribution in [0.1, 0.15) is 64.5 Å². The Morgan fingerprint density at radius 3 is 2.53 bits per heavy atom. The van der Waals surface area contributed by atoms with Crippen LogP contribution in [0.2, 0.25) is 0 Å². The molecule has 7 heteroatoms. The van der Waals surface area contributed by atoms with Crippen molar-refractivity contribution in [2.45, 2.75) is 66.8 Å². The van der Waals surface area contributed by atoms with E-state index in [2.05, 4.69) is 56.5 Å². The minimum absolute atomic E-state index is 0.156. The van der Waals surface area contributed by atoms with Crippen molar-refractivity contribution in [1.82, 2.24) is 10.6 Å². The summed E-state index contributed by atoms with van der Waals surface area (Å²) in [7, 11) is -2.96. The lowest BCUT2D eigenvalue weighted by Gasteiger charge is -2.26. The zero-order valence-electron chi connectivity index (χ0n) is 19.7. The van der Waals surface area contributed by atoms with Gasteiger partial charge in [0.15, 0.2) is 5.96 Å². The third-order valence-corrected chi connectivity index (χ3v) is 5.81. The van der Waals surface area contributed by atoms with Gasteiger partial charge in [-0.2, -0.15) is 0 Å². The lowest BCUT2D eigenvalue weighted by Crippen LogP contribution is -2.42. The fourth-order valence-electron chi connectivity index (χ4n) is 2.84. The first-order chi connectivity index (χ1) is 14.1. The van der Waals surface area contributed by atoms with Crippen LogP contribution in [0.3, 0.4) is 0 Å². The minimum Gasteiger partial charge on any atom is -0.493 e. The Kier molecular flexibility index (Phi) is 11.2. The molecule has 0 saturated heterocycles. The van der Waals surface area contributed by atoms with Crippen LogP contribution in [-0.4, -0.2) is 46.1 Å². The molecule has 30 heavy (non-hydrogen) atoms. The van der Waals surface area contributed by atoms with Crippen LogP contribution in [0.4, 0.5) is 0 Å². The fourth-order valence-corrected chi connectivity index (χ4v) is 3.76. The number of benzene rings is 1. The number of hydrogen-bond donors (Lipinski definition) is 2. The van der Waals surface area contributed by atoms with Gasteiger partial charge in [-0.15, -0.1) is 0 Å². The smallest absolute Gasteiger partial charge is 0.191 e. The summed E-state index contributed by atoms with van der Waals surface area (Å²) in [4.78, 5) is 4.73. The van der Waals surface area contributed by atoms with E-state index in [-0.39, 0.29) is 11.2 Å². The van der Waals surface area contributed by atoms with E-state index < -0.39 is 9.84 Å². The maximum atomic E-state index is 11.5. The second kappa shape index (κ2) is 12.8. The summed E-state index contributed by atoms with van der Waals surface area (Å²) in [5, 5.41) is 6.63. The molecule has 0 aliphatic rings. The normalized spacial score (nSPS) is 12.7. The van der Waals surface area contributed by atoms with Gasteiger partial charge in [0, 0.05) is 24.9 Å². The molecule has 0 aromatic heterocycles. The highest BCUT2D eigenvalue weighted by molar-refractivity contribution is 7.90. The van der Waals surface area contributed by atoms with Crippen molar-refractivity contribution in [1.29, 1.82) is 0 Å².